The number of esters is 1. The van der Waals surface area contributed by atoms with Crippen LogP contribution in [0.3, 0.4) is 0 Å². The van der Waals surface area contributed by atoms with Crippen molar-refractivity contribution in [1.82, 2.24) is 4.98 Å². The van der Waals surface area contributed by atoms with Gasteiger partial charge in [-0.05, 0) is 42.0 Å². The lowest BCUT2D eigenvalue weighted by Crippen LogP contribution is -2.15. The summed E-state index contributed by atoms with van der Waals surface area (Å²) >= 11 is 0. The molecule has 1 aromatic heterocycles. The van der Waals surface area contributed by atoms with Crippen molar-refractivity contribution in [2.45, 2.75) is 6.54 Å². The van der Waals surface area contributed by atoms with Crippen LogP contribution in [0.2, 0.25) is 0 Å². The van der Waals surface area contributed by atoms with E-state index in [-0.39, 0.29) is 12.1 Å². The quantitative estimate of drug-likeness (QED) is 0.512. The topological polar surface area (TPSA) is 106 Å². The molecule has 0 aliphatic heterocycles. The van der Waals surface area contributed by atoms with Gasteiger partial charge < -0.3 is 21.1 Å². The van der Waals surface area contributed by atoms with Crippen molar-refractivity contribution in [3.63, 3.8) is 0 Å². The van der Waals surface area contributed by atoms with Gasteiger partial charge in [-0.25, -0.2) is 18.6 Å². The van der Waals surface area contributed by atoms with Crippen molar-refractivity contribution < 1.29 is 23.1 Å². The van der Waals surface area contributed by atoms with E-state index in [1.54, 1.807) is 30.3 Å². The van der Waals surface area contributed by atoms with Crippen LogP contribution in [-0.2, 0) is 11.3 Å². The van der Waals surface area contributed by atoms with E-state index in [0.717, 1.165) is 6.07 Å². The molecule has 0 spiro atoms. The molecule has 7 nitrogen and oxygen atoms in total. The molecule has 0 aliphatic rings. The molecule has 0 unspecified atom stereocenters. The number of carbonyl (C=O) groups is 2. The number of methoxy groups -OCH3 is 1. The number of nitrogens with zero attached hydrogens (tertiary/aromatic N) is 1. The summed E-state index contributed by atoms with van der Waals surface area (Å²) < 4.78 is 31.4. The second-order valence-corrected chi connectivity index (χ2v) is 6.30. The molecule has 1 amide bonds. The summed E-state index contributed by atoms with van der Waals surface area (Å²) in [4.78, 5) is 27.4. The highest BCUT2D eigenvalue weighted by molar-refractivity contribution is 5.98. The molecule has 0 radical (unpaired) electrons. The van der Waals surface area contributed by atoms with Crippen LogP contribution in [0.15, 0.2) is 54.7 Å². The Hall–Kier alpha value is -4.01. The van der Waals surface area contributed by atoms with Crippen LogP contribution in [0.25, 0.3) is 0 Å². The molecule has 3 rings (SSSR count). The Bertz CT molecular complexity index is 1070. The van der Waals surface area contributed by atoms with Crippen LogP contribution in [0.1, 0.15) is 26.3 Å². The molecule has 3 aromatic rings. The fourth-order valence-electron chi connectivity index (χ4n) is 2.73. The zero-order chi connectivity index (χ0) is 21.7. The Morgan fingerprint density at radius 2 is 1.73 bits per heavy atom. The van der Waals surface area contributed by atoms with Gasteiger partial charge in [0.15, 0.2) is 0 Å². The van der Waals surface area contributed by atoms with E-state index in [9.17, 15) is 18.4 Å². The van der Waals surface area contributed by atoms with Gasteiger partial charge in [0.05, 0.1) is 23.9 Å². The number of anilines is 3. The average molecular weight is 412 g/mol. The molecule has 0 fully saturated rings. The van der Waals surface area contributed by atoms with E-state index < -0.39 is 23.5 Å². The van der Waals surface area contributed by atoms with E-state index in [0.29, 0.717) is 28.3 Å². The molecule has 0 atom stereocenters. The minimum absolute atomic E-state index is 0.0617. The minimum atomic E-state index is -0.704. The molecule has 9 heteroatoms. The predicted molar refractivity (Wildman–Crippen MR) is 108 cm³/mol. The number of primary amides is 1. The van der Waals surface area contributed by atoms with Crippen molar-refractivity contribution in [1.29, 1.82) is 0 Å². The summed E-state index contributed by atoms with van der Waals surface area (Å²) in [6.45, 7) is 0.0617. The first kappa shape index (κ1) is 20.7. The van der Waals surface area contributed by atoms with E-state index in [1.807, 2.05) is 0 Å². The molecule has 0 saturated heterocycles. The maximum Gasteiger partial charge on any atom is 0.337 e. The van der Waals surface area contributed by atoms with Crippen molar-refractivity contribution in [2.75, 3.05) is 17.7 Å². The molecule has 0 bridgehead atoms. The number of nitrogens with one attached hydrogen (secondary N) is 2. The van der Waals surface area contributed by atoms with Gasteiger partial charge >= 0.3 is 5.97 Å². The molecule has 4 N–H and O–H groups in total. The normalized spacial score (nSPS) is 10.4. The van der Waals surface area contributed by atoms with E-state index in [2.05, 4.69) is 20.4 Å². The number of nitrogens with two attached hydrogens (primary N) is 1. The summed E-state index contributed by atoms with van der Waals surface area (Å²) in [5.74, 6) is -2.17. The number of benzene rings is 2. The minimum Gasteiger partial charge on any atom is -0.465 e. The zero-order valence-electron chi connectivity index (χ0n) is 15.9. The average Bonchev–Trinajstić information content (AvgIpc) is 2.71. The first-order valence-electron chi connectivity index (χ1n) is 8.80. The maximum atomic E-state index is 13.4. The monoisotopic (exact) mass is 412 g/mol. The molecule has 0 saturated carbocycles. The summed E-state index contributed by atoms with van der Waals surface area (Å²) in [6.07, 6.45) is 1.29. The second kappa shape index (κ2) is 8.99. The molecular weight excluding hydrogens is 394 g/mol. The molecule has 0 aliphatic carbocycles. The van der Waals surface area contributed by atoms with Crippen LogP contribution in [-0.4, -0.2) is 24.0 Å². The maximum absolute atomic E-state index is 13.4. The number of halogens is 2. The van der Waals surface area contributed by atoms with Crippen molar-refractivity contribution in [2.24, 2.45) is 5.73 Å². The van der Waals surface area contributed by atoms with Gasteiger partial charge in [0.2, 0.25) is 0 Å². The van der Waals surface area contributed by atoms with Gasteiger partial charge in [-0.3, -0.25) is 4.79 Å². The lowest BCUT2D eigenvalue weighted by Gasteiger charge is -2.13. The zero-order valence-corrected chi connectivity index (χ0v) is 15.9. The van der Waals surface area contributed by atoms with Gasteiger partial charge in [-0.2, -0.15) is 0 Å². The number of rotatable bonds is 7. The molecule has 2 aromatic carbocycles. The highest BCUT2D eigenvalue weighted by Crippen LogP contribution is 2.23. The second-order valence-electron chi connectivity index (χ2n) is 6.30. The Kier molecular flexibility index (Phi) is 6.21. The van der Waals surface area contributed by atoms with Gasteiger partial charge in [-0.15, -0.1) is 0 Å². The van der Waals surface area contributed by atoms with E-state index in [1.165, 1.54) is 25.4 Å². The van der Waals surface area contributed by atoms with E-state index in [4.69, 9.17) is 5.73 Å². The van der Waals surface area contributed by atoms with Crippen LogP contribution in [0.4, 0.5) is 26.0 Å². The SMILES string of the molecule is COC(=O)c1ccc(Nc2cc(NCc3cc(F)cc(F)c3)c(C(N)=O)cn2)cc1. The van der Waals surface area contributed by atoms with Crippen molar-refractivity contribution in [3.8, 4) is 0 Å². The fourth-order valence-corrected chi connectivity index (χ4v) is 2.73. The smallest absolute Gasteiger partial charge is 0.337 e. The lowest BCUT2D eigenvalue weighted by molar-refractivity contribution is 0.0600. The lowest BCUT2D eigenvalue weighted by atomic mass is 10.1. The fraction of sp³-hybridized carbons (Fsp3) is 0.0952. The Labute approximate surface area is 170 Å². The third-order valence-corrected chi connectivity index (χ3v) is 4.15. The first-order chi connectivity index (χ1) is 14.4. The third kappa shape index (κ3) is 5.07. The summed E-state index contributed by atoms with van der Waals surface area (Å²) in [5.41, 5.74) is 7.24. The van der Waals surface area contributed by atoms with Gasteiger partial charge in [0.1, 0.15) is 17.5 Å². The molecule has 154 valence electrons. The molecule has 30 heavy (non-hydrogen) atoms. The highest BCUT2D eigenvalue weighted by Gasteiger charge is 2.12. The number of carbonyl (C=O) groups excluding carboxylic acids is 2. The number of pyridine rings is 1. The number of ether oxygens (including phenoxy) is 1. The third-order valence-electron chi connectivity index (χ3n) is 4.15. The number of hydrogen-bond acceptors (Lipinski definition) is 6. The van der Waals surface area contributed by atoms with Crippen LogP contribution in [0, 0.1) is 11.6 Å². The van der Waals surface area contributed by atoms with Crippen LogP contribution < -0.4 is 16.4 Å². The number of hydrogen-bond donors (Lipinski definition) is 3. The number of aromatic nitrogens is 1. The van der Waals surface area contributed by atoms with Crippen LogP contribution in [0.5, 0.6) is 0 Å². The standard InChI is InChI=1S/C21H18F2N4O3/c1-30-21(29)13-2-4-16(5-3-13)27-19-9-18(17(11-26-19)20(24)28)25-10-12-6-14(22)8-15(23)7-12/h2-9,11H,10H2,1H3,(H2,24,28)(H2,25,26,27). The van der Waals surface area contributed by atoms with Crippen molar-refractivity contribution >= 4 is 29.1 Å². The van der Waals surface area contributed by atoms with Gasteiger partial charge in [0, 0.05) is 30.6 Å². The summed E-state index contributed by atoms with van der Waals surface area (Å²) in [7, 11) is 1.30. The summed E-state index contributed by atoms with van der Waals surface area (Å²) in [6, 6.07) is 11.2. The molecular formula is C21H18F2N4O3. The Balaban J connectivity index is 1.80. The van der Waals surface area contributed by atoms with Crippen molar-refractivity contribution in [3.05, 3.63) is 83.1 Å². The Morgan fingerprint density at radius 3 is 2.33 bits per heavy atom. The molecule has 1 heterocycles. The summed E-state index contributed by atoms with van der Waals surface area (Å²) in [5, 5.41) is 5.98. The predicted octanol–water partition coefficient (Wildman–Crippen LogP) is 3.60. The van der Waals surface area contributed by atoms with Crippen LogP contribution >= 0.6 is 0 Å². The van der Waals surface area contributed by atoms with Gasteiger partial charge in [-0.1, -0.05) is 0 Å². The number of amides is 1. The Morgan fingerprint density at radius 1 is 1.07 bits per heavy atom. The van der Waals surface area contributed by atoms with E-state index >= 15 is 0 Å². The van der Waals surface area contributed by atoms with Gasteiger partial charge in [0.25, 0.3) is 5.91 Å². The highest BCUT2D eigenvalue weighted by atomic mass is 19.1. The largest absolute Gasteiger partial charge is 0.465 e. The first-order valence-corrected chi connectivity index (χ1v) is 8.80.